The topological polar surface area (TPSA) is 195 Å². The van der Waals surface area contributed by atoms with Gasteiger partial charge in [-0.3, -0.25) is 14.7 Å². The van der Waals surface area contributed by atoms with Crippen LogP contribution in [0.2, 0.25) is 0 Å². The van der Waals surface area contributed by atoms with Crippen molar-refractivity contribution in [3.8, 4) is 0 Å². The fourth-order valence-electron chi connectivity index (χ4n) is 8.93. The number of esters is 3. The second-order valence-corrected chi connectivity index (χ2v) is 17.3. The summed E-state index contributed by atoms with van der Waals surface area (Å²) in [6, 6.07) is 24.3. The van der Waals surface area contributed by atoms with Crippen LogP contribution in [0.25, 0.3) is 0 Å². The lowest BCUT2D eigenvalue weighted by atomic mass is 10.0. The van der Waals surface area contributed by atoms with Crippen LogP contribution in [0.4, 0.5) is 14.4 Å². The number of ether oxygens (including phenoxy) is 9. The van der Waals surface area contributed by atoms with Crippen LogP contribution >= 0.6 is 0 Å². The van der Waals surface area contributed by atoms with Gasteiger partial charge in [-0.1, -0.05) is 91.0 Å². The van der Waals surface area contributed by atoms with Crippen molar-refractivity contribution in [1.29, 1.82) is 0 Å². The Morgan fingerprint density at radius 2 is 1.00 bits per heavy atom. The Kier molecular flexibility index (Phi) is 14.7. The normalized spacial score (nSPS) is 25.7. The van der Waals surface area contributed by atoms with E-state index in [1.807, 2.05) is 91.0 Å². The average Bonchev–Trinajstić information content (AvgIpc) is 4.19. The second kappa shape index (κ2) is 20.9. The number of nitrogens with zero attached hydrogens (tertiary/aromatic N) is 3. The Morgan fingerprint density at radius 3 is 1.45 bits per heavy atom. The first-order chi connectivity index (χ1) is 31.9. The van der Waals surface area contributed by atoms with Crippen LogP contribution < -0.4 is 0 Å². The quantitative estimate of drug-likeness (QED) is 0.142. The van der Waals surface area contributed by atoms with E-state index in [1.54, 1.807) is 13.8 Å². The maximum absolute atomic E-state index is 14.2. The molecule has 0 aromatic heterocycles. The van der Waals surface area contributed by atoms with Crippen molar-refractivity contribution in [1.82, 2.24) is 14.7 Å². The van der Waals surface area contributed by atoms with Crippen molar-refractivity contribution in [2.75, 3.05) is 26.2 Å². The molecule has 5 fully saturated rings. The highest BCUT2D eigenvalue weighted by Crippen LogP contribution is 2.41. The number of rotatable bonds is 14. The summed E-state index contributed by atoms with van der Waals surface area (Å²) in [5.74, 6) is -3.57. The standard InChI is InChI=1S/C48H55N3O15/c1-48(2)65-40-39(63-43(54)36-23-14-26-51(36)47(57)61-29-33-19-10-5-11-20-33)38(64-44(40)66-48)37(62-42(53)35-22-13-25-50(35)46(56)60-28-32-17-8-4-9-18-32)30-58-41(52)34-21-12-24-49(34)45(55)59-27-31-15-6-3-7-16-31/h3-11,15-20,34-40,44H,12-14,21-30H2,1-2H3. The molecule has 3 aromatic carbocycles. The van der Waals surface area contributed by atoms with Crippen LogP contribution in [-0.4, -0.2) is 132 Å². The molecule has 3 aromatic rings. The molecule has 8 atom stereocenters. The molecule has 5 heterocycles. The third-order valence-corrected chi connectivity index (χ3v) is 12.2. The van der Waals surface area contributed by atoms with Gasteiger partial charge in [-0.25, -0.2) is 28.8 Å². The van der Waals surface area contributed by atoms with E-state index in [0.717, 1.165) is 16.7 Å². The van der Waals surface area contributed by atoms with E-state index in [0.29, 0.717) is 25.7 Å². The van der Waals surface area contributed by atoms with Crippen molar-refractivity contribution in [2.45, 2.75) is 127 Å². The molecule has 352 valence electrons. The summed E-state index contributed by atoms with van der Waals surface area (Å²) >= 11 is 0. The van der Waals surface area contributed by atoms with Gasteiger partial charge in [-0.2, -0.15) is 0 Å². The third kappa shape index (κ3) is 11.1. The van der Waals surface area contributed by atoms with Crippen LogP contribution in [0.15, 0.2) is 91.0 Å². The van der Waals surface area contributed by atoms with Crippen LogP contribution in [0.5, 0.6) is 0 Å². The largest absolute Gasteiger partial charge is 0.460 e. The molecule has 0 aliphatic carbocycles. The van der Waals surface area contributed by atoms with Gasteiger partial charge >= 0.3 is 36.2 Å². The molecule has 0 radical (unpaired) electrons. The predicted octanol–water partition coefficient (Wildman–Crippen LogP) is 5.63. The first kappa shape index (κ1) is 46.3. The predicted molar refractivity (Wildman–Crippen MR) is 228 cm³/mol. The van der Waals surface area contributed by atoms with Gasteiger partial charge in [-0.15, -0.1) is 0 Å². The van der Waals surface area contributed by atoms with E-state index in [-0.39, 0.29) is 52.3 Å². The lowest BCUT2D eigenvalue weighted by Crippen LogP contribution is -2.52. The minimum absolute atomic E-state index is 0.00290. The van der Waals surface area contributed by atoms with Crippen molar-refractivity contribution < 1.29 is 71.4 Å². The third-order valence-electron chi connectivity index (χ3n) is 12.2. The molecule has 0 spiro atoms. The zero-order chi connectivity index (χ0) is 46.2. The van der Waals surface area contributed by atoms with Crippen molar-refractivity contribution in [3.05, 3.63) is 108 Å². The average molecular weight is 914 g/mol. The molecule has 5 aliphatic rings. The van der Waals surface area contributed by atoms with E-state index in [1.165, 1.54) is 14.7 Å². The van der Waals surface area contributed by atoms with Crippen LogP contribution in [0, 0.1) is 0 Å². The molecule has 18 heteroatoms. The number of carbonyl (C=O) groups excluding carboxylic acids is 6. The molecule has 66 heavy (non-hydrogen) atoms. The highest BCUT2D eigenvalue weighted by atomic mass is 16.8. The fraction of sp³-hybridized carbons (Fsp3) is 0.500. The summed E-state index contributed by atoms with van der Waals surface area (Å²) in [4.78, 5) is 86.1. The zero-order valence-corrected chi connectivity index (χ0v) is 36.9. The summed E-state index contributed by atoms with van der Waals surface area (Å²) in [7, 11) is 0. The van der Waals surface area contributed by atoms with Gasteiger partial charge in [0.05, 0.1) is 0 Å². The summed E-state index contributed by atoms with van der Waals surface area (Å²) < 4.78 is 53.4. The Hall–Kier alpha value is -6.24. The SMILES string of the molecule is CC1(C)OC2OC(C(COC(=O)C3CCCN3C(=O)OCc3ccccc3)OC(=O)C3CCCN3C(=O)OCc3ccccc3)C(OC(=O)C3CCCN3C(=O)OCc3ccccc3)C2O1. The number of hydrogen-bond donors (Lipinski definition) is 0. The first-order valence-corrected chi connectivity index (χ1v) is 22.4. The van der Waals surface area contributed by atoms with Gasteiger partial charge in [0.1, 0.15) is 50.7 Å². The van der Waals surface area contributed by atoms with E-state index in [4.69, 9.17) is 42.6 Å². The monoisotopic (exact) mass is 913 g/mol. The molecule has 0 bridgehead atoms. The molecule has 8 unspecified atom stereocenters. The lowest BCUT2D eigenvalue weighted by Gasteiger charge is -2.33. The Morgan fingerprint density at radius 1 is 0.576 bits per heavy atom. The molecule has 5 aliphatic heterocycles. The number of carbonyl (C=O) groups is 6. The molecule has 0 N–H and O–H groups in total. The number of likely N-dealkylation sites (tertiary alicyclic amines) is 3. The Labute approximate surface area is 382 Å². The van der Waals surface area contributed by atoms with Crippen molar-refractivity contribution in [3.63, 3.8) is 0 Å². The molecule has 3 amide bonds. The summed E-state index contributed by atoms with van der Waals surface area (Å²) in [5, 5.41) is 0. The minimum Gasteiger partial charge on any atom is -0.460 e. The van der Waals surface area contributed by atoms with Crippen LogP contribution in [0.3, 0.4) is 0 Å². The van der Waals surface area contributed by atoms with E-state index in [2.05, 4.69) is 0 Å². The molecule has 0 saturated carbocycles. The van der Waals surface area contributed by atoms with Gasteiger partial charge in [0, 0.05) is 19.6 Å². The fourth-order valence-corrected chi connectivity index (χ4v) is 8.93. The molecular formula is C48H55N3O15. The van der Waals surface area contributed by atoms with Gasteiger partial charge in [0.2, 0.25) is 0 Å². The van der Waals surface area contributed by atoms with E-state index in [9.17, 15) is 28.8 Å². The first-order valence-electron chi connectivity index (χ1n) is 22.4. The smallest absolute Gasteiger partial charge is 0.410 e. The van der Waals surface area contributed by atoms with E-state index < -0.39 is 97.4 Å². The number of benzene rings is 3. The second-order valence-electron chi connectivity index (χ2n) is 17.3. The Bertz CT molecular complexity index is 2180. The Balaban J connectivity index is 0.996. The maximum Gasteiger partial charge on any atom is 0.410 e. The maximum atomic E-state index is 14.2. The number of hydrogen-bond acceptors (Lipinski definition) is 15. The van der Waals surface area contributed by atoms with Crippen molar-refractivity contribution in [2.24, 2.45) is 0 Å². The van der Waals surface area contributed by atoms with Gasteiger partial charge < -0.3 is 42.6 Å². The summed E-state index contributed by atoms with van der Waals surface area (Å²) in [6.45, 7) is 3.42. The molecule has 5 saturated heterocycles. The highest BCUT2D eigenvalue weighted by Gasteiger charge is 2.60. The van der Waals surface area contributed by atoms with Crippen LogP contribution in [-0.2, 0) is 76.8 Å². The number of amides is 3. The van der Waals surface area contributed by atoms with Crippen molar-refractivity contribution >= 4 is 36.2 Å². The summed E-state index contributed by atoms with van der Waals surface area (Å²) in [5.41, 5.74) is 2.31. The van der Waals surface area contributed by atoms with Crippen LogP contribution in [0.1, 0.15) is 69.1 Å². The van der Waals surface area contributed by atoms with Gasteiger partial charge in [0.15, 0.2) is 30.4 Å². The molecule has 18 nitrogen and oxygen atoms in total. The highest BCUT2D eigenvalue weighted by molar-refractivity contribution is 5.84. The van der Waals surface area contributed by atoms with Gasteiger partial charge in [-0.05, 0) is 69.1 Å². The molecular weight excluding hydrogens is 859 g/mol. The van der Waals surface area contributed by atoms with Gasteiger partial charge in [0.25, 0.3) is 0 Å². The van der Waals surface area contributed by atoms with E-state index >= 15 is 0 Å². The minimum atomic E-state index is -1.46. The molecule has 8 rings (SSSR count). The number of fused-ring (bicyclic) bond motifs is 1. The zero-order valence-electron chi connectivity index (χ0n) is 36.9. The summed E-state index contributed by atoms with van der Waals surface area (Å²) in [6.07, 6.45) is -6.05. The lowest BCUT2D eigenvalue weighted by molar-refractivity contribution is -0.236.